The third kappa shape index (κ3) is 6.39. The lowest BCUT2D eigenvalue weighted by molar-refractivity contribution is -0.137. The van der Waals surface area contributed by atoms with Gasteiger partial charge in [-0.3, -0.25) is 9.69 Å². The number of carbonyl (C=O) groups is 1. The number of nitrogens with zero attached hydrogens (tertiary/aromatic N) is 6. The molecule has 1 amide bonds. The smallest absolute Gasteiger partial charge is 0.417 e. The van der Waals surface area contributed by atoms with Crippen LogP contribution in [0.1, 0.15) is 56.6 Å². The van der Waals surface area contributed by atoms with Gasteiger partial charge >= 0.3 is 12.2 Å². The van der Waals surface area contributed by atoms with Crippen molar-refractivity contribution in [1.82, 2.24) is 19.8 Å². The fraction of sp³-hybridized carbons (Fsp3) is 0.526. The summed E-state index contributed by atoms with van der Waals surface area (Å²) in [6.07, 6.45) is -2.51. The Morgan fingerprint density at radius 2 is 2.00 bits per heavy atom. The summed E-state index contributed by atoms with van der Waals surface area (Å²) in [6, 6.07) is 3.48. The van der Waals surface area contributed by atoms with Gasteiger partial charge in [-0.2, -0.15) is 28.4 Å². The van der Waals surface area contributed by atoms with Gasteiger partial charge in [0.2, 0.25) is 5.91 Å². The van der Waals surface area contributed by atoms with Crippen molar-refractivity contribution < 1.29 is 40.6 Å². The van der Waals surface area contributed by atoms with E-state index in [0.717, 1.165) is 37.5 Å². The number of likely N-dealkylation sites (N-methyl/N-ethyl adjacent to an activating group) is 1. The van der Waals surface area contributed by atoms with Gasteiger partial charge < -0.3 is 25.0 Å². The Hall–Kier alpha value is -4.40. The number of nitriles is 1. The largest absolute Gasteiger partial charge is 0.461 e. The number of benzene rings is 2. The van der Waals surface area contributed by atoms with E-state index in [0.29, 0.717) is 30.7 Å². The maximum Gasteiger partial charge on any atom is 0.417 e. The van der Waals surface area contributed by atoms with Crippen LogP contribution in [0.5, 0.6) is 6.01 Å². The fourth-order valence-electron chi connectivity index (χ4n) is 9.00. The number of methoxy groups -OCH3 is 1. The lowest BCUT2D eigenvalue weighted by Gasteiger charge is -2.32. The molecule has 292 valence electrons. The highest BCUT2D eigenvalue weighted by molar-refractivity contribution is 7.23. The van der Waals surface area contributed by atoms with E-state index in [2.05, 4.69) is 9.97 Å². The van der Waals surface area contributed by atoms with E-state index in [9.17, 15) is 14.4 Å². The average Bonchev–Trinajstić information content (AvgIpc) is 3.51. The lowest BCUT2D eigenvalue weighted by Crippen LogP contribution is -2.43. The predicted molar refractivity (Wildman–Crippen MR) is 194 cm³/mol. The van der Waals surface area contributed by atoms with Crippen molar-refractivity contribution in [3.63, 3.8) is 0 Å². The number of halogens is 6. The van der Waals surface area contributed by atoms with Gasteiger partial charge in [-0.25, -0.2) is 13.2 Å². The van der Waals surface area contributed by atoms with Crippen molar-refractivity contribution in [3.05, 3.63) is 41.0 Å². The SMILES string of the molecule is CCN(c1nc(OC[C@@]23CCCN2C[C@H](F)C3)nc2c(F)c(-c3ccc(F)c4sc(N)c(C#N)c34)c(C(F)(F)F)cc12)[C@H]1C[C@H](COC)N(C(=O)C2CC2)C1. The first-order chi connectivity index (χ1) is 26.3. The van der Waals surface area contributed by atoms with Gasteiger partial charge in [0.05, 0.1) is 40.1 Å². The molecule has 8 rings (SSSR count). The highest BCUT2D eigenvalue weighted by Gasteiger charge is 2.50. The quantitative estimate of drug-likeness (QED) is 0.168. The molecule has 0 spiro atoms. The molecule has 5 heterocycles. The summed E-state index contributed by atoms with van der Waals surface area (Å²) >= 11 is 0.681. The molecule has 10 nitrogen and oxygen atoms in total. The van der Waals surface area contributed by atoms with Crippen LogP contribution >= 0.6 is 11.3 Å². The van der Waals surface area contributed by atoms with Crippen molar-refractivity contribution in [2.75, 3.05) is 57.1 Å². The zero-order valence-electron chi connectivity index (χ0n) is 30.2. The minimum Gasteiger partial charge on any atom is -0.461 e. The number of ether oxygens (including phenoxy) is 2. The highest BCUT2D eigenvalue weighted by atomic mass is 32.1. The van der Waals surface area contributed by atoms with Crippen LogP contribution < -0.4 is 15.4 Å². The van der Waals surface area contributed by atoms with Crippen LogP contribution in [0.25, 0.3) is 32.1 Å². The van der Waals surface area contributed by atoms with Crippen LogP contribution in [-0.4, -0.2) is 96.0 Å². The number of likely N-dealkylation sites (tertiary alicyclic amines) is 1. The van der Waals surface area contributed by atoms with Crippen LogP contribution in [0.2, 0.25) is 0 Å². The lowest BCUT2D eigenvalue weighted by atomic mass is 9.92. The molecule has 1 saturated carbocycles. The molecule has 4 atom stereocenters. The minimum atomic E-state index is -5.14. The van der Waals surface area contributed by atoms with E-state index in [1.54, 1.807) is 16.7 Å². The number of amides is 1. The maximum absolute atomic E-state index is 17.4. The zero-order chi connectivity index (χ0) is 39.0. The molecule has 0 radical (unpaired) electrons. The molecular formula is C38H39F6N7O3S. The number of hydrogen-bond donors (Lipinski definition) is 1. The van der Waals surface area contributed by atoms with Crippen molar-refractivity contribution in [2.24, 2.45) is 5.92 Å². The summed E-state index contributed by atoms with van der Waals surface area (Å²) in [7, 11) is 1.53. The fourth-order valence-corrected chi connectivity index (χ4v) is 9.95. The Bertz CT molecular complexity index is 2220. The van der Waals surface area contributed by atoms with Gasteiger partial charge in [0, 0.05) is 55.4 Å². The predicted octanol–water partition coefficient (Wildman–Crippen LogP) is 7.07. The van der Waals surface area contributed by atoms with Gasteiger partial charge in [-0.1, -0.05) is 6.07 Å². The Balaban J connectivity index is 1.32. The van der Waals surface area contributed by atoms with Crippen molar-refractivity contribution in [2.45, 2.75) is 75.4 Å². The number of carbonyl (C=O) groups excluding carboxylic acids is 1. The molecule has 1 aliphatic carbocycles. The molecule has 55 heavy (non-hydrogen) atoms. The van der Waals surface area contributed by atoms with Gasteiger partial charge in [-0.05, 0) is 63.3 Å². The number of aromatic nitrogens is 2. The molecule has 2 N–H and O–H groups in total. The van der Waals surface area contributed by atoms with E-state index < -0.39 is 52.2 Å². The second-order valence-corrected chi connectivity index (χ2v) is 16.1. The van der Waals surface area contributed by atoms with Crippen molar-refractivity contribution in [1.29, 1.82) is 5.26 Å². The summed E-state index contributed by atoms with van der Waals surface area (Å²) in [5.41, 5.74) is 1.90. The molecular weight excluding hydrogens is 749 g/mol. The number of nitrogen functional groups attached to an aromatic ring is 1. The highest BCUT2D eigenvalue weighted by Crippen LogP contribution is 2.49. The first-order valence-corrected chi connectivity index (χ1v) is 19.2. The molecule has 4 aromatic rings. The Morgan fingerprint density at radius 3 is 2.69 bits per heavy atom. The number of anilines is 2. The van der Waals surface area contributed by atoms with Crippen molar-refractivity contribution >= 4 is 49.1 Å². The maximum atomic E-state index is 17.4. The molecule has 3 saturated heterocycles. The molecule has 0 bridgehead atoms. The Labute approximate surface area is 316 Å². The second kappa shape index (κ2) is 14.0. The van der Waals surface area contributed by atoms with Gasteiger partial charge in [-0.15, -0.1) is 11.3 Å². The first-order valence-electron chi connectivity index (χ1n) is 18.4. The van der Waals surface area contributed by atoms with Gasteiger partial charge in [0.15, 0.2) is 5.82 Å². The third-order valence-corrected chi connectivity index (χ3v) is 12.7. The van der Waals surface area contributed by atoms with Crippen molar-refractivity contribution in [3.8, 4) is 23.2 Å². The van der Waals surface area contributed by atoms with E-state index in [1.807, 2.05) is 11.0 Å². The molecule has 17 heteroatoms. The number of hydrogen-bond acceptors (Lipinski definition) is 10. The molecule has 3 aliphatic heterocycles. The average molecular weight is 788 g/mol. The van der Waals surface area contributed by atoms with Gasteiger partial charge in [0.1, 0.15) is 41.0 Å². The molecule has 2 aromatic heterocycles. The Kier molecular flexibility index (Phi) is 9.53. The number of rotatable bonds is 10. The van der Waals surface area contributed by atoms with Gasteiger partial charge in [0.25, 0.3) is 0 Å². The summed E-state index contributed by atoms with van der Waals surface area (Å²) in [6.45, 7) is 3.40. The molecule has 0 unspecified atom stereocenters. The summed E-state index contributed by atoms with van der Waals surface area (Å²) < 4.78 is 104. The zero-order valence-corrected chi connectivity index (χ0v) is 31.0. The van der Waals surface area contributed by atoms with Crippen LogP contribution in [0.15, 0.2) is 18.2 Å². The van der Waals surface area contributed by atoms with E-state index in [4.69, 9.17) is 15.2 Å². The first kappa shape index (κ1) is 37.5. The summed E-state index contributed by atoms with van der Waals surface area (Å²) in [5, 5.41) is 9.28. The standard InChI is InChI=1S/C38H39F6N7O3S/c1-3-50(21-11-22(17-53-2)51(16-21)35(52)19-5-6-19)34-24-12-26(38(42,43)44)29(23-7-8-27(40)32-28(23)25(14-45)33(46)55-32)30(41)31(24)47-36(48-34)54-18-37-9-4-10-49(37)15-20(39)13-37/h7-8,12,19-22H,3-6,9-11,13,15-18,46H2,1-2H3/t20-,21+,22-,37+/m1/s1. The molecule has 4 fully saturated rings. The topological polar surface area (TPSA) is 121 Å². The van der Waals surface area contributed by atoms with Crippen LogP contribution in [0.4, 0.5) is 37.2 Å². The van der Waals surface area contributed by atoms with Crippen LogP contribution in [-0.2, 0) is 15.7 Å². The number of fused-ring (bicyclic) bond motifs is 3. The van der Waals surface area contributed by atoms with E-state index in [1.165, 1.54) is 7.11 Å². The second-order valence-electron chi connectivity index (χ2n) is 15.0. The normalized spacial score (nSPS) is 24.2. The van der Waals surface area contributed by atoms with E-state index in [-0.39, 0.29) is 101 Å². The van der Waals surface area contributed by atoms with E-state index >= 15 is 22.0 Å². The third-order valence-electron chi connectivity index (χ3n) is 11.6. The summed E-state index contributed by atoms with van der Waals surface area (Å²) in [4.78, 5) is 27.9. The molecule has 2 aromatic carbocycles. The number of alkyl halides is 4. The summed E-state index contributed by atoms with van der Waals surface area (Å²) in [5.74, 6) is -2.33. The Morgan fingerprint density at radius 1 is 1.22 bits per heavy atom. The number of thiophene rings is 1. The van der Waals surface area contributed by atoms with Crippen LogP contribution in [0, 0.1) is 28.9 Å². The van der Waals surface area contributed by atoms with Crippen LogP contribution in [0.3, 0.4) is 0 Å². The monoisotopic (exact) mass is 787 g/mol. The molecule has 4 aliphatic rings. The minimum absolute atomic E-state index is 0.00765. The number of nitrogens with two attached hydrogens (primary N) is 1.